The van der Waals surface area contributed by atoms with Gasteiger partial charge < -0.3 is 9.47 Å². The Morgan fingerprint density at radius 2 is 1.73 bits per heavy atom. The van der Waals surface area contributed by atoms with Gasteiger partial charge in [0.25, 0.3) is 5.56 Å². The molecule has 2 aromatic heterocycles. The van der Waals surface area contributed by atoms with E-state index < -0.39 is 5.69 Å². The van der Waals surface area contributed by atoms with E-state index in [1.807, 2.05) is 34.9 Å². The first kappa shape index (κ1) is 18.4. The molecule has 0 unspecified atom stereocenters. The highest BCUT2D eigenvalue weighted by atomic mass is 19.1. The van der Waals surface area contributed by atoms with E-state index in [2.05, 4.69) is 9.88 Å². The van der Waals surface area contributed by atoms with E-state index in [0.717, 1.165) is 18.7 Å². The van der Waals surface area contributed by atoms with Crippen LogP contribution in [0, 0.1) is 5.82 Å². The number of fused-ring (bicyclic) bond motifs is 3. The molecule has 0 bridgehead atoms. The summed E-state index contributed by atoms with van der Waals surface area (Å²) >= 11 is 0. The van der Waals surface area contributed by atoms with Gasteiger partial charge in [0.2, 0.25) is 5.95 Å². The number of nitrogens with zero attached hydrogens (tertiary/aromatic N) is 5. The van der Waals surface area contributed by atoms with Crippen LogP contribution >= 0.6 is 0 Å². The van der Waals surface area contributed by atoms with Crippen molar-refractivity contribution in [1.29, 1.82) is 0 Å². The van der Waals surface area contributed by atoms with Gasteiger partial charge in [-0.2, -0.15) is 4.98 Å². The highest BCUT2D eigenvalue weighted by Gasteiger charge is 2.26. The second kappa shape index (κ2) is 6.98. The molecular formula is C22H20FN5O2. The Bertz CT molecular complexity index is 1350. The van der Waals surface area contributed by atoms with Crippen molar-refractivity contribution in [3.63, 3.8) is 0 Å². The predicted molar refractivity (Wildman–Crippen MR) is 113 cm³/mol. The van der Waals surface area contributed by atoms with Crippen molar-refractivity contribution in [2.45, 2.75) is 19.5 Å². The maximum Gasteiger partial charge on any atom is 0.332 e. The molecule has 5 rings (SSSR count). The molecule has 1 aliphatic rings. The zero-order valence-corrected chi connectivity index (χ0v) is 16.5. The number of aryl methyl sites for hydroxylation is 2. The van der Waals surface area contributed by atoms with Gasteiger partial charge in [-0.3, -0.25) is 13.9 Å². The number of anilines is 2. The summed E-state index contributed by atoms with van der Waals surface area (Å²) in [5.74, 6) is 0.300. The van der Waals surface area contributed by atoms with Crippen molar-refractivity contribution < 1.29 is 4.39 Å². The van der Waals surface area contributed by atoms with E-state index in [9.17, 15) is 14.0 Å². The fourth-order valence-electron chi connectivity index (χ4n) is 4.03. The summed E-state index contributed by atoms with van der Waals surface area (Å²) in [6, 6.07) is 15.7. The van der Waals surface area contributed by atoms with Crippen molar-refractivity contribution in [2.75, 3.05) is 11.4 Å². The first-order chi connectivity index (χ1) is 14.5. The van der Waals surface area contributed by atoms with E-state index in [4.69, 9.17) is 0 Å². The van der Waals surface area contributed by atoms with Crippen molar-refractivity contribution in [2.24, 2.45) is 7.05 Å². The van der Waals surface area contributed by atoms with Crippen LogP contribution in [0.15, 0.2) is 64.2 Å². The van der Waals surface area contributed by atoms with Crippen LogP contribution < -0.4 is 16.1 Å². The minimum Gasteiger partial charge on any atom is -0.312 e. The second-order valence-electron chi connectivity index (χ2n) is 7.44. The number of halogens is 1. The fourth-order valence-corrected chi connectivity index (χ4v) is 4.03. The lowest BCUT2D eigenvalue weighted by atomic mass is 10.2. The van der Waals surface area contributed by atoms with Gasteiger partial charge in [-0.25, -0.2) is 9.18 Å². The summed E-state index contributed by atoms with van der Waals surface area (Å²) in [6.45, 7) is 1.51. The highest BCUT2D eigenvalue weighted by Crippen LogP contribution is 2.30. The Kier molecular flexibility index (Phi) is 4.27. The molecule has 0 saturated heterocycles. The number of rotatable bonds is 3. The number of hydrogen-bond donors (Lipinski definition) is 0. The highest BCUT2D eigenvalue weighted by molar-refractivity contribution is 5.77. The molecule has 152 valence electrons. The monoisotopic (exact) mass is 405 g/mol. The number of para-hydroxylation sites is 1. The maximum absolute atomic E-state index is 13.3. The fraction of sp³-hybridized carbons (Fsp3) is 0.227. The van der Waals surface area contributed by atoms with Crippen molar-refractivity contribution in [3.05, 3.63) is 86.8 Å². The van der Waals surface area contributed by atoms with Gasteiger partial charge in [-0.1, -0.05) is 30.3 Å². The molecule has 1 aliphatic heterocycles. The molecule has 0 radical (unpaired) electrons. The Balaban J connectivity index is 1.70. The van der Waals surface area contributed by atoms with Crippen molar-refractivity contribution >= 4 is 22.8 Å². The summed E-state index contributed by atoms with van der Waals surface area (Å²) in [5, 5.41) is 0. The first-order valence-electron chi connectivity index (χ1n) is 9.81. The quantitative estimate of drug-likeness (QED) is 0.526. The second-order valence-corrected chi connectivity index (χ2v) is 7.44. The Labute approximate surface area is 171 Å². The standard InChI is InChI=1S/C22H20FN5O2/c1-25-19-18(20(29)28(22(25)30)14-15-8-10-16(23)11-9-15)27-13-5-12-26(21(27)24-19)17-6-3-2-4-7-17/h2-4,6-11H,5,12-14H2,1H3. The third-order valence-electron chi connectivity index (χ3n) is 5.54. The van der Waals surface area contributed by atoms with Crippen LogP contribution in [0.2, 0.25) is 0 Å². The smallest absolute Gasteiger partial charge is 0.312 e. The van der Waals surface area contributed by atoms with E-state index in [0.29, 0.717) is 29.2 Å². The molecular weight excluding hydrogens is 385 g/mol. The SMILES string of the molecule is Cn1c(=O)n(Cc2ccc(F)cc2)c(=O)c2c1nc1n2CCCN1c1ccccc1. The molecule has 3 heterocycles. The molecule has 0 N–H and O–H groups in total. The molecule has 0 spiro atoms. The summed E-state index contributed by atoms with van der Waals surface area (Å²) in [4.78, 5) is 33.0. The van der Waals surface area contributed by atoms with Crippen LogP contribution in [-0.2, 0) is 20.1 Å². The molecule has 0 amide bonds. The van der Waals surface area contributed by atoms with Gasteiger partial charge in [-0.05, 0) is 36.2 Å². The van der Waals surface area contributed by atoms with Gasteiger partial charge in [-0.15, -0.1) is 0 Å². The summed E-state index contributed by atoms with van der Waals surface area (Å²) < 4.78 is 17.7. The van der Waals surface area contributed by atoms with Crippen LogP contribution in [0.4, 0.5) is 16.0 Å². The van der Waals surface area contributed by atoms with Crippen molar-refractivity contribution in [1.82, 2.24) is 18.7 Å². The number of imidazole rings is 1. The molecule has 4 aromatic rings. The van der Waals surface area contributed by atoms with Crippen LogP contribution in [-0.4, -0.2) is 25.2 Å². The van der Waals surface area contributed by atoms with Crippen molar-refractivity contribution in [3.8, 4) is 0 Å². The molecule has 0 fully saturated rings. The topological polar surface area (TPSA) is 65.1 Å². The minimum atomic E-state index is -0.446. The zero-order valence-electron chi connectivity index (χ0n) is 16.5. The Morgan fingerprint density at radius 3 is 2.47 bits per heavy atom. The first-order valence-corrected chi connectivity index (χ1v) is 9.81. The normalized spacial score (nSPS) is 13.6. The van der Waals surface area contributed by atoms with E-state index in [-0.39, 0.29) is 17.9 Å². The molecule has 30 heavy (non-hydrogen) atoms. The van der Waals surface area contributed by atoms with E-state index in [1.54, 1.807) is 19.2 Å². The van der Waals surface area contributed by atoms with Gasteiger partial charge in [0, 0.05) is 25.8 Å². The van der Waals surface area contributed by atoms with Crippen LogP contribution in [0.1, 0.15) is 12.0 Å². The number of hydrogen-bond acceptors (Lipinski definition) is 4. The molecule has 2 aromatic carbocycles. The zero-order chi connectivity index (χ0) is 20.8. The average Bonchev–Trinajstić information content (AvgIpc) is 3.17. The molecule has 8 heteroatoms. The third kappa shape index (κ3) is 2.83. The van der Waals surface area contributed by atoms with E-state index >= 15 is 0 Å². The molecule has 0 saturated carbocycles. The summed E-state index contributed by atoms with van der Waals surface area (Å²) in [5.41, 5.74) is 1.63. The lowest BCUT2D eigenvalue weighted by Gasteiger charge is -2.28. The summed E-state index contributed by atoms with van der Waals surface area (Å²) in [7, 11) is 1.62. The van der Waals surface area contributed by atoms with Gasteiger partial charge in [0.15, 0.2) is 11.2 Å². The van der Waals surface area contributed by atoms with Gasteiger partial charge >= 0.3 is 5.69 Å². The lowest BCUT2D eigenvalue weighted by Crippen LogP contribution is -2.40. The van der Waals surface area contributed by atoms with Crippen LogP contribution in [0.25, 0.3) is 11.2 Å². The number of aromatic nitrogens is 4. The molecule has 7 nitrogen and oxygen atoms in total. The van der Waals surface area contributed by atoms with Gasteiger partial charge in [0.1, 0.15) is 5.82 Å². The maximum atomic E-state index is 13.3. The lowest BCUT2D eigenvalue weighted by molar-refractivity contribution is 0.597. The largest absolute Gasteiger partial charge is 0.332 e. The number of benzene rings is 2. The minimum absolute atomic E-state index is 0.0740. The third-order valence-corrected chi connectivity index (χ3v) is 5.54. The molecule has 0 aliphatic carbocycles. The molecule has 0 atom stereocenters. The Hall–Kier alpha value is -3.68. The van der Waals surface area contributed by atoms with E-state index in [1.165, 1.54) is 21.3 Å². The Morgan fingerprint density at radius 1 is 1.00 bits per heavy atom. The summed E-state index contributed by atoms with van der Waals surface area (Å²) in [6.07, 6.45) is 0.855. The van der Waals surface area contributed by atoms with Crippen LogP contribution in [0.3, 0.4) is 0 Å². The van der Waals surface area contributed by atoms with Gasteiger partial charge in [0.05, 0.1) is 6.54 Å². The predicted octanol–water partition coefficient (Wildman–Crippen LogP) is 2.63. The average molecular weight is 405 g/mol. The van der Waals surface area contributed by atoms with Crippen LogP contribution in [0.5, 0.6) is 0 Å².